The van der Waals surface area contributed by atoms with Crippen molar-refractivity contribution < 1.29 is 4.74 Å². The number of methoxy groups -OCH3 is 1. The molecule has 0 unspecified atom stereocenters. The molecule has 0 spiro atoms. The number of anilines is 1. The number of imidazole rings is 1. The number of aromatic nitrogens is 6. The molecule has 0 atom stereocenters. The highest BCUT2D eigenvalue weighted by Crippen LogP contribution is 2.30. The number of H-pyrrole nitrogens is 2. The third-order valence-electron chi connectivity index (χ3n) is 4.71. The molecule has 28 heavy (non-hydrogen) atoms. The van der Waals surface area contributed by atoms with Crippen molar-refractivity contribution in [3.05, 3.63) is 60.2 Å². The van der Waals surface area contributed by atoms with Gasteiger partial charge in [-0.25, -0.2) is 15.0 Å². The van der Waals surface area contributed by atoms with Crippen molar-refractivity contribution in [2.24, 2.45) is 0 Å². The normalized spacial score (nSPS) is 11.3. The molecule has 0 saturated carbocycles. The lowest BCUT2D eigenvalue weighted by Gasteiger charge is -2.02. The van der Waals surface area contributed by atoms with Crippen molar-refractivity contribution in [1.29, 1.82) is 0 Å². The summed E-state index contributed by atoms with van der Waals surface area (Å²) in [5, 5.41) is 7.95. The molecule has 0 radical (unpaired) electrons. The summed E-state index contributed by atoms with van der Waals surface area (Å²) in [5.74, 6) is 2.12. The molecule has 8 heteroatoms. The van der Waals surface area contributed by atoms with E-state index in [-0.39, 0.29) is 0 Å². The molecular weight excluding hydrogens is 354 g/mol. The first-order valence-corrected chi connectivity index (χ1v) is 8.78. The molecule has 0 amide bonds. The number of rotatable bonds is 4. The number of fused-ring (bicyclic) bond motifs is 2. The van der Waals surface area contributed by atoms with Gasteiger partial charge in [-0.2, -0.15) is 5.10 Å². The minimum atomic E-state index is 0.400. The average molecular weight is 371 g/mol. The molecule has 0 aliphatic heterocycles. The quantitative estimate of drug-likeness (QED) is 0.447. The van der Waals surface area contributed by atoms with Gasteiger partial charge in [-0.05, 0) is 29.8 Å². The highest BCUT2D eigenvalue weighted by molar-refractivity contribution is 5.99. The van der Waals surface area contributed by atoms with Gasteiger partial charge in [0.2, 0.25) is 0 Å². The zero-order valence-corrected chi connectivity index (χ0v) is 15.1. The summed E-state index contributed by atoms with van der Waals surface area (Å²) in [6.45, 7) is 0. The fraction of sp³-hybridized carbons (Fsp3) is 0.100. The first-order chi connectivity index (χ1) is 13.7. The smallest absolute Gasteiger partial charge is 0.186 e. The zero-order chi connectivity index (χ0) is 19.1. The molecule has 5 rings (SSSR count). The van der Waals surface area contributed by atoms with Crippen LogP contribution in [0.25, 0.3) is 33.3 Å². The number of hydrogen-bond donors (Lipinski definition) is 3. The molecule has 0 bridgehead atoms. The van der Waals surface area contributed by atoms with Crippen LogP contribution >= 0.6 is 0 Å². The van der Waals surface area contributed by atoms with Gasteiger partial charge in [0.15, 0.2) is 5.65 Å². The maximum atomic E-state index is 6.02. The second-order valence-corrected chi connectivity index (χ2v) is 6.50. The highest BCUT2D eigenvalue weighted by atomic mass is 16.5. The SMILES string of the molecule is COc1cccc(Cc2nc3ccc(-c4[nH]nc5ncnc(N)c45)cc3[nH]2)c1. The van der Waals surface area contributed by atoms with E-state index >= 15 is 0 Å². The van der Waals surface area contributed by atoms with Crippen LogP contribution < -0.4 is 10.5 Å². The molecule has 8 nitrogen and oxygen atoms in total. The monoisotopic (exact) mass is 371 g/mol. The van der Waals surface area contributed by atoms with Crippen LogP contribution in [0.3, 0.4) is 0 Å². The standard InChI is InChI=1S/C20H17N7O/c1-28-13-4-2-3-11(7-13)8-16-24-14-6-5-12(9-15(14)25-16)18-17-19(21)22-10-23-20(17)27-26-18/h2-7,9-10H,8H2,1H3,(H,24,25)(H3,21,22,23,26,27). The van der Waals surface area contributed by atoms with E-state index in [1.807, 2.05) is 36.4 Å². The predicted molar refractivity (Wildman–Crippen MR) is 107 cm³/mol. The van der Waals surface area contributed by atoms with Crippen molar-refractivity contribution in [2.45, 2.75) is 6.42 Å². The van der Waals surface area contributed by atoms with Crippen LogP contribution in [0.15, 0.2) is 48.8 Å². The number of ether oxygens (including phenoxy) is 1. The summed E-state index contributed by atoms with van der Waals surface area (Å²) < 4.78 is 5.29. The van der Waals surface area contributed by atoms with Crippen molar-refractivity contribution in [3.63, 3.8) is 0 Å². The fourth-order valence-corrected chi connectivity index (χ4v) is 3.37. The van der Waals surface area contributed by atoms with E-state index in [1.54, 1.807) is 7.11 Å². The minimum Gasteiger partial charge on any atom is -0.497 e. The van der Waals surface area contributed by atoms with E-state index in [9.17, 15) is 0 Å². The van der Waals surface area contributed by atoms with E-state index < -0.39 is 0 Å². The Morgan fingerprint density at radius 3 is 2.93 bits per heavy atom. The van der Waals surface area contributed by atoms with Gasteiger partial charge >= 0.3 is 0 Å². The summed E-state index contributed by atoms with van der Waals surface area (Å²) in [7, 11) is 1.67. The molecule has 0 aliphatic carbocycles. The lowest BCUT2D eigenvalue weighted by molar-refractivity contribution is 0.414. The average Bonchev–Trinajstić information content (AvgIpc) is 3.32. The van der Waals surface area contributed by atoms with Gasteiger partial charge in [0.05, 0.1) is 29.2 Å². The fourth-order valence-electron chi connectivity index (χ4n) is 3.37. The molecular formula is C20H17N7O. The van der Waals surface area contributed by atoms with E-state index in [1.165, 1.54) is 6.33 Å². The molecule has 138 valence electrons. The zero-order valence-electron chi connectivity index (χ0n) is 15.1. The summed E-state index contributed by atoms with van der Waals surface area (Å²) >= 11 is 0. The number of nitrogen functional groups attached to an aromatic ring is 1. The first-order valence-electron chi connectivity index (χ1n) is 8.78. The molecule has 0 fully saturated rings. The number of benzene rings is 2. The maximum absolute atomic E-state index is 6.02. The number of hydrogen-bond acceptors (Lipinski definition) is 6. The Hall–Kier alpha value is -3.94. The van der Waals surface area contributed by atoms with Gasteiger partial charge in [0.25, 0.3) is 0 Å². The Kier molecular flexibility index (Phi) is 3.68. The number of nitrogens with two attached hydrogens (primary N) is 1. The molecule has 3 aromatic heterocycles. The number of nitrogens with one attached hydrogen (secondary N) is 2. The van der Waals surface area contributed by atoms with E-state index in [4.69, 9.17) is 15.5 Å². The van der Waals surface area contributed by atoms with E-state index in [2.05, 4.69) is 31.2 Å². The van der Waals surface area contributed by atoms with Gasteiger partial charge in [-0.1, -0.05) is 18.2 Å². The van der Waals surface area contributed by atoms with Gasteiger partial charge in [-0.3, -0.25) is 5.10 Å². The largest absolute Gasteiger partial charge is 0.497 e. The van der Waals surface area contributed by atoms with Crippen LogP contribution in [0.1, 0.15) is 11.4 Å². The maximum Gasteiger partial charge on any atom is 0.186 e. The lowest BCUT2D eigenvalue weighted by Crippen LogP contribution is -1.92. The molecule has 5 aromatic rings. The van der Waals surface area contributed by atoms with Crippen LogP contribution in [0.4, 0.5) is 5.82 Å². The molecule has 4 N–H and O–H groups in total. The molecule has 3 heterocycles. The van der Waals surface area contributed by atoms with Crippen LogP contribution in [0.5, 0.6) is 5.75 Å². The van der Waals surface area contributed by atoms with Crippen LogP contribution in [-0.4, -0.2) is 37.2 Å². The number of aromatic amines is 2. The van der Waals surface area contributed by atoms with Crippen molar-refractivity contribution >= 4 is 27.9 Å². The Bertz CT molecular complexity index is 1300. The second-order valence-electron chi connectivity index (χ2n) is 6.50. The highest BCUT2D eigenvalue weighted by Gasteiger charge is 2.14. The van der Waals surface area contributed by atoms with Crippen molar-refractivity contribution in [2.75, 3.05) is 12.8 Å². The third-order valence-corrected chi connectivity index (χ3v) is 4.71. The van der Waals surface area contributed by atoms with Crippen LogP contribution in [-0.2, 0) is 6.42 Å². The molecule has 0 aliphatic rings. The second kappa shape index (κ2) is 6.34. The Morgan fingerprint density at radius 1 is 1.11 bits per heavy atom. The predicted octanol–water partition coefficient (Wildman–Crippen LogP) is 3.08. The van der Waals surface area contributed by atoms with Gasteiger partial charge in [0.1, 0.15) is 23.7 Å². The minimum absolute atomic E-state index is 0.400. The topological polar surface area (TPSA) is 118 Å². The Balaban J connectivity index is 1.53. The van der Waals surface area contributed by atoms with Gasteiger partial charge in [0, 0.05) is 12.0 Å². The Labute approximate surface area is 159 Å². The van der Waals surface area contributed by atoms with E-state index in [0.717, 1.165) is 44.8 Å². The van der Waals surface area contributed by atoms with Crippen LogP contribution in [0, 0.1) is 0 Å². The summed E-state index contributed by atoms with van der Waals surface area (Å²) in [6, 6.07) is 14.0. The third kappa shape index (κ3) is 2.71. The Morgan fingerprint density at radius 2 is 2.04 bits per heavy atom. The van der Waals surface area contributed by atoms with Gasteiger partial charge < -0.3 is 15.5 Å². The van der Waals surface area contributed by atoms with Crippen molar-refractivity contribution in [1.82, 2.24) is 30.1 Å². The summed E-state index contributed by atoms with van der Waals surface area (Å²) in [5.41, 5.74) is 11.3. The van der Waals surface area contributed by atoms with Crippen molar-refractivity contribution in [3.8, 4) is 17.0 Å². The number of nitrogens with zero attached hydrogens (tertiary/aromatic N) is 4. The summed E-state index contributed by atoms with van der Waals surface area (Å²) in [4.78, 5) is 16.3. The molecule has 0 saturated heterocycles. The molecule has 2 aromatic carbocycles. The lowest BCUT2D eigenvalue weighted by atomic mass is 10.1. The van der Waals surface area contributed by atoms with E-state index in [0.29, 0.717) is 17.9 Å². The first kappa shape index (κ1) is 16.2. The summed E-state index contributed by atoms with van der Waals surface area (Å²) in [6.07, 6.45) is 2.10. The van der Waals surface area contributed by atoms with Gasteiger partial charge in [-0.15, -0.1) is 0 Å². The van der Waals surface area contributed by atoms with Crippen LogP contribution in [0.2, 0.25) is 0 Å².